The number of hydrogen-bond acceptors (Lipinski definition) is 4. The van der Waals surface area contributed by atoms with Crippen LogP contribution in [-0.4, -0.2) is 38.8 Å². The molecule has 2 heterocycles. The molecule has 0 aromatic carbocycles. The predicted octanol–water partition coefficient (Wildman–Crippen LogP) is 0.767. The summed E-state index contributed by atoms with van der Waals surface area (Å²) in [5.74, 6) is 0.416. The SMILES string of the molecule is OC(CNc1nccn2nccc12)C(F)F. The zero-order valence-electron chi connectivity index (χ0n) is 8.22. The molecular formula is C9H10F2N4O. The van der Waals surface area contributed by atoms with Crippen molar-refractivity contribution in [2.24, 2.45) is 0 Å². The van der Waals surface area contributed by atoms with Crippen LogP contribution in [0.15, 0.2) is 24.7 Å². The van der Waals surface area contributed by atoms with Crippen molar-refractivity contribution in [3.05, 3.63) is 24.7 Å². The van der Waals surface area contributed by atoms with Crippen LogP contribution in [-0.2, 0) is 0 Å². The lowest BCUT2D eigenvalue weighted by Crippen LogP contribution is -2.27. The average molecular weight is 228 g/mol. The van der Waals surface area contributed by atoms with E-state index < -0.39 is 12.5 Å². The van der Waals surface area contributed by atoms with Gasteiger partial charge in [0.1, 0.15) is 11.6 Å². The minimum Gasteiger partial charge on any atom is -0.385 e. The number of nitrogens with zero attached hydrogens (tertiary/aromatic N) is 3. The van der Waals surface area contributed by atoms with Gasteiger partial charge in [-0.15, -0.1) is 0 Å². The lowest BCUT2D eigenvalue weighted by molar-refractivity contribution is 0.00382. The Kier molecular flexibility index (Phi) is 2.95. The van der Waals surface area contributed by atoms with E-state index in [1.807, 2.05) is 0 Å². The molecule has 1 unspecified atom stereocenters. The predicted molar refractivity (Wildman–Crippen MR) is 53.5 cm³/mol. The minimum absolute atomic E-state index is 0.254. The minimum atomic E-state index is -2.77. The molecule has 86 valence electrons. The van der Waals surface area contributed by atoms with Gasteiger partial charge in [-0.3, -0.25) is 0 Å². The first-order chi connectivity index (χ1) is 7.68. The van der Waals surface area contributed by atoms with Gasteiger partial charge in [0.25, 0.3) is 6.43 Å². The van der Waals surface area contributed by atoms with Gasteiger partial charge in [-0.05, 0) is 6.07 Å². The molecule has 0 aliphatic carbocycles. The van der Waals surface area contributed by atoms with E-state index in [2.05, 4.69) is 15.4 Å². The molecule has 0 aliphatic rings. The first-order valence-electron chi connectivity index (χ1n) is 4.67. The van der Waals surface area contributed by atoms with E-state index in [9.17, 15) is 8.78 Å². The van der Waals surface area contributed by atoms with Crippen molar-refractivity contribution in [1.29, 1.82) is 0 Å². The molecule has 2 rings (SSSR count). The molecule has 0 bridgehead atoms. The highest BCUT2D eigenvalue weighted by Crippen LogP contribution is 2.12. The van der Waals surface area contributed by atoms with Gasteiger partial charge in [0.05, 0.1) is 6.20 Å². The van der Waals surface area contributed by atoms with Crippen molar-refractivity contribution in [1.82, 2.24) is 14.6 Å². The molecule has 2 aromatic rings. The van der Waals surface area contributed by atoms with Gasteiger partial charge >= 0.3 is 0 Å². The van der Waals surface area contributed by atoms with E-state index in [1.165, 1.54) is 6.20 Å². The molecule has 2 aromatic heterocycles. The lowest BCUT2D eigenvalue weighted by atomic mass is 10.3. The van der Waals surface area contributed by atoms with Gasteiger partial charge < -0.3 is 10.4 Å². The van der Waals surface area contributed by atoms with Crippen LogP contribution < -0.4 is 5.32 Å². The number of rotatable bonds is 4. The third-order valence-corrected chi connectivity index (χ3v) is 2.09. The second-order valence-corrected chi connectivity index (χ2v) is 3.22. The summed E-state index contributed by atoms with van der Waals surface area (Å²) in [6.07, 6.45) is 0.245. The number of aliphatic hydroxyl groups is 1. The van der Waals surface area contributed by atoms with E-state index in [1.54, 1.807) is 23.0 Å². The van der Waals surface area contributed by atoms with Gasteiger partial charge in [0.15, 0.2) is 5.82 Å². The molecule has 1 atom stereocenters. The molecule has 16 heavy (non-hydrogen) atoms. The van der Waals surface area contributed by atoms with Crippen LogP contribution in [0.25, 0.3) is 5.52 Å². The highest BCUT2D eigenvalue weighted by atomic mass is 19.3. The molecule has 0 amide bonds. The van der Waals surface area contributed by atoms with E-state index >= 15 is 0 Å². The summed E-state index contributed by atoms with van der Waals surface area (Å²) < 4.78 is 25.7. The normalized spacial score (nSPS) is 13.2. The highest BCUT2D eigenvalue weighted by molar-refractivity contribution is 5.66. The maximum Gasteiger partial charge on any atom is 0.265 e. The van der Waals surface area contributed by atoms with Crippen LogP contribution in [0.3, 0.4) is 0 Å². The van der Waals surface area contributed by atoms with E-state index in [4.69, 9.17) is 5.11 Å². The Hall–Kier alpha value is -1.76. The fourth-order valence-corrected chi connectivity index (χ4v) is 1.28. The first kappa shape index (κ1) is 10.7. The molecule has 5 nitrogen and oxygen atoms in total. The molecule has 0 fully saturated rings. The van der Waals surface area contributed by atoms with Crippen LogP contribution in [0.4, 0.5) is 14.6 Å². The summed E-state index contributed by atoms with van der Waals surface area (Å²) in [5.41, 5.74) is 0.670. The fraction of sp³-hybridized carbons (Fsp3) is 0.333. The Balaban J connectivity index is 2.12. The highest BCUT2D eigenvalue weighted by Gasteiger charge is 2.16. The zero-order chi connectivity index (χ0) is 11.5. The Morgan fingerprint density at radius 2 is 2.25 bits per heavy atom. The number of hydrogen-bond donors (Lipinski definition) is 2. The van der Waals surface area contributed by atoms with E-state index in [0.29, 0.717) is 11.3 Å². The number of alkyl halides is 2. The number of aromatic nitrogens is 3. The average Bonchev–Trinajstić information content (AvgIpc) is 2.73. The number of nitrogens with one attached hydrogen (secondary N) is 1. The summed E-state index contributed by atoms with van der Waals surface area (Å²) in [4.78, 5) is 3.98. The van der Waals surface area contributed by atoms with Crippen LogP contribution in [0.1, 0.15) is 0 Å². The van der Waals surface area contributed by atoms with Crippen molar-refractivity contribution in [2.45, 2.75) is 12.5 Å². The lowest BCUT2D eigenvalue weighted by Gasteiger charge is -2.11. The summed E-state index contributed by atoms with van der Waals surface area (Å²) in [6.45, 7) is -0.254. The van der Waals surface area contributed by atoms with Crippen LogP contribution >= 0.6 is 0 Å². The van der Waals surface area contributed by atoms with Gasteiger partial charge in [0.2, 0.25) is 0 Å². The topological polar surface area (TPSA) is 62.5 Å². The fourth-order valence-electron chi connectivity index (χ4n) is 1.28. The Bertz CT molecular complexity index is 473. The zero-order valence-corrected chi connectivity index (χ0v) is 8.22. The van der Waals surface area contributed by atoms with Gasteiger partial charge in [0, 0.05) is 18.9 Å². The van der Waals surface area contributed by atoms with Crippen molar-refractivity contribution >= 4 is 11.3 Å². The number of aliphatic hydroxyl groups excluding tert-OH is 1. The number of fused-ring (bicyclic) bond motifs is 1. The third-order valence-electron chi connectivity index (χ3n) is 2.09. The third kappa shape index (κ3) is 2.08. The molecular weight excluding hydrogens is 218 g/mol. The summed E-state index contributed by atoms with van der Waals surface area (Å²) in [5, 5.41) is 15.6. The summed E-state index contributed by atoms with van der Waals surface area (Å²) in [6, 6.07) is 1.70. The van der Waals surface area contributed by atoms with Crippen LogP contribution in [0.2, 0.25) is 0 Å². The maximum atomic E-state index is 12.1. The van der Waals surface area contributed by atoms with E-state index in [-0.39, 0.29) is 6.54 Å². The van der Waals surface area contributed by atoms with Crippen molar-refractivity contribution in [2.75, 3.05) is 11.9 Å². The maximum absolute atomic E-state index is 12.1. The monoisotopic (exact) mass is 228 g/mol. The van der Waals surface area contributed by atoms with E-state index in [0.717, 1.165) is 0 Å². The number of anilines is 1. The van der Waals surface area contributed by atoms with Gasteiger partial charge in [-0.2, -0.15) is 5.10 Å². The largest absolute Gasteiger partial charge is 0.385 e. The molecule has 0 spiro atoms. The van der Waals surface area contributed by atoms with Gasteiger partial charge in [-0.25, -0.2) is 18.3 Å². The molecule has 2 N–H and O–H groups in total. The Morgan fingerprint density at radius 3 is 3.00 bits per heavy atom. The second kappa shape index (κ2) is 4.40. The van der Waals surface area contributed by atoms with Crippen LogP contribution in [0, 0.1) is 0 Å². The quantitative estimate of drug-likeness (QED) is 0.811. The molecule has 0 radical (unpaired) electrons. The van der Waals surface area contributed by atoms with Gasteiger partial charge in [-0.1, -0.05) is 0 Å². The number of halogens is 2. The standard InChI is InChI=1S/C9H10F2N4O/c10-8(11)7(16)5-13-9-6-1-2-14-15(6)4-3-12-9/h1-4,7-8,16H,5H2,(H,12,13). The van der Waals surface area contributed by atoms with Crippen LogP contribution in [0.5, 0.6) is 0 Å². The molecule has 0 saturated heterocycles. The molecule has 7 heteroatoms. The van der Waals surface area contributed by atoms with Crippen molar-refractivity contribution in [3.63, 3.8) is 0 Å². The smallest absolute Gasteiger partial charge is 0.265 e. The Morgan fingerprint density at radius 1 is 1.44 bits per heavy atom. The molecule has 0 aliphatic heterocycles. The summed E-state index contributed by atoms with van der Waals surface area (Å²) in [7, 11) is 0. The van der Waals surface area contributed by atoms with Crippen molar-refractivity contribution in [3.8, 4) is 0 Å². The Labute approximate surface area is 89.7 Å². The molecule has 0 saturated carbocycles. The van der Waals surface area contributed by atoms with Crippen molar-refractivity contribution < 1.29 is 13.9 Å². The summed E-state index contributed by atoms with van der Waals surface area (Å²) >= 11 is 0. The second-order valence-electron chi connectivity index (χ2n) is 3.22. The first-order valence-corrected chi connectivity index (χ1v) is 4.67.